The predicted molar refractivity (Wildman–Crippen MR) is 106 cm³/mol. The molecule has 0 aliphatic carbocycles. The van der Waals surface area contributed by atoms with E-state index in [2.05, 4.69) is 4.98 Å². The maximum atomic E-state index is 15.5. The quantitative estimate of drug-likeness (QED) is 0.452. The molecule has 0 saturated carbocycles. The van der Waals surface area contributed by atoms with Gasteiger partial charge in [0, 0.05) is 22.9 Å². The molecule has 0 aliphatic heterocycles. The Kier molecular flexibility index (Phi) is 4.79. The molecule has 0 amide bonds. The number of imidazole rings is 1. The summed E-state index contributed by atoms with van der Waals surface area (Å²) in [6.45, 7) is 2.83. The summed E-state index contributed by atoms with van der Waals surface area (Å²) in [5.74, 6) is -3.90. The lowest BCUT2D eigenvalue weighted by molar-refractivity contribution is 0.0746. The van der Waals surface area contributed by atoms with Gasteiger partial charge in [-0.3, -0.25) is 4.40 Å². The van der Waals surface area contributed by atoms with E-state index in [0.717, 1.165) is 18.2 Å². The molecule has 8 heteroatoms. The van der Waals surface area contributed by atoms with Gasteiger partial charge in [-0.25, -0.2) is 22.5 Å². The van der Waals surface area contributed by atoms with Gasteiger partial charge in [0.25, 0.3) is 0 Å². The first-order chi connectivity index (χ1) is 14.6. The van der Waals surface area contributed by atoms with Crippen molar-refractivity contribution in [1.82, 2.24) is 9.38 Å². The largest absolute Gasteiger partial charge is 0.386 e. The molecule has 0 spiro atoms. The molecular weight excluding hydrogens is 410 g/mol. The number of nitriles is 1. The van der Waals surface area contributed by atoms with E-state index < -0.39 is 40.0 Å². The van der Waals surface area contributed by atoms with Crippen LogP contribution in [0, 0.1) is 34.6 Å². The van der Waals surface area contributed by atoms with Gasteiger partial charge in [-0.1, -0.05) is 6.07 Å². The molecule has 0 atom stereocenters. The van der Waals surface area contributed by atoms with Crippen LogP contribution in [0.3, 0.4) is 0 Å². The van der Waals surface area contributed by atoms with E-state index in [4.69, 9.17) is 0 Å². The normalized spacial score (nSPS) is 11.7. The number of rotatable bonds is 3. The predicted octanol–water partition coefficient (Wildman–Crippen LogP) is 5.32. The molecule has 0 radical (unpaired) electrons. The minimum absolute atomic E-state index is 0.00226. The van der Waals surface area contributed by atoms with Crippen LogP contribution < -0.4 is 0 Å². The van der Waals surface area contributed by atoms with Crippen molar-refractivity contribution in [3.8, 4) is 28.5 Å². The maximum absolute atomic E-state index is 15.5. The molecule has 0 fully saturated rings. The number of hydrogen-bond donors (Lipinski definition) is 1. The number of benzene rings is 2. The lowest BCUT2D eigenvalue weighted by Crippen LogP contribution is -2.18. The lowest BCUT2D eigenvalue weighted by atomic mass is 9.95. The molecule has 156 valence electrons. The molecule has 31 heavy (non-hydrogen) atoms. The second-order valence-electron chi connectivity index (χ2n) is 7.50. The van der Waals surface area contributed by atoms with Crippen molar-refractivity contribution >= 4 is 5.65 Å². The minimum atomic E-state index is -1.47. The summed E-state index contributed by atoms with van der Waals surface area (Å²) < 4.78 is 60.6. The van der Waals surface area contributed by atoms with Crippen molar-refractivity contribution in [1.29, 1.82) is 5.26 Å². The van der Waals surface area contributed by atoms with E-state index in [9.17, 15) is 23.5 Å². The Labute approximate surface area is 174 Å². The second kappa shape index (κ2) is 7.22. The Hall–Kier alpha value is -3.70. The Balaban J connectivity index is 1.99. The zero-order valence-electron chi connectivity index (χ0n) is 16.4. The van der Waals surface area contributed by atoms with Gasteiger partial charge in [-0.05, 0) is 44.2 Å². The summed E-state index contributed by atoms with van der Waals surface area (Å²) >= 11 is 0. The van der Waals surface area contributed by atoms with Crippen LogP contribution in [0.2, 0.25) is 0 Å². The molecular formula is C23H15F4N3O. The average Bonchev–Trinajstić information content (AvgIpc) is 3.13. The fraction of sp³-hybridized carbons (Fsp3) is 0.130. The monoisotopic (exact) mass is 425 g/mol. The average molecular weight is 425 g/mol. The van der Waals surface area contributed by atoms with Gasteiger partial charge in [0.05, 0.1) is 34.7 Å². The number of aliphatic hydroxyl groups is 1. The van der Waals surface area contributed by atoms with Crippen molar-refractivity contribution in [2.45, 2.75) is 19.4 Å². The Bertz CT molecular complexity index is 1380. The van der Waals surface area contributed by atoms with Gasteiger partial charge in [0.15, 0.2) is 11.5 Å². The van der Waals surface area contributed by atoms with Gasteiger partial charge < -0.3 is 5.11 Å². The van der Waals surface area contributed by atoms with E-state index in [0.29, 0.717) is 0 Å². The molecule has 0 bridgehead atoms. The summed E-state index contributed by atoms with van der Waals surface area (Å²) in [4.78, 5) is 3.98. The van der Waals surface area contributed by atoms with E-state index >= 15 is 4.39 Å². The first-order valence-electron chi connectivity index (χ1n) is 9.21. The Morgan fingerprint density at radius 2 is 1.68 bits per heavy atom. The van der Waals surface area contributed by atoms with E-state index in [1.807, 2.05) is 0 Å². The lowest BCUT2D eigenvalue weighted by Gasteiger charge is -2.19. The van der Waals surface area contributed by atoms with Crippen LogP contribution in [0.1, 0.15) is 25.0 Å². The van der Waals surface area contributed by atoms with Gasteiger partial charge in [-0.15, -0.1) is 0 Å². The second-order valence-corrected chi connectivity index (χ2v) is 7.50. The van der Waals surface area contributed by atoms with Crippen molar-refractivity contribution in [3.63, 3.8) is 0 Å². The third-order valence-electron chi connectivity index (χ3n) is 5.03. The van der Waals surface area contributed by atoms with E-state index in [1.165, 1.54) is 48.8 Å². The first-order valence-corrected chi connectivity index (χ1v) is 9.21. The van der Waals surface area contributed by atoms with Crippen LogP contribution >= 0.6 is 0 Å². The summed E-state index contributed by atoms with van der Waals surface area (Å²) in [6, 6.07) is 8.68. The zero-order chi connectivity index (χ0) is 22.5. The molecule has 1 N–H and O–H groups in total. The number of hydrogen-bond acceptors (Lipinski definition) is 3. The van der Waals surface area contributed by atoms with Gasteiger partial charge in [-0.2, -0.15) is 5.26 Å². The third kappa shape index (κ3) is 3.23. The van der Waals surface area contributed by atoms with Gasteiger partial charge in [0.2, 0.25) is 0 Å². The Morgan fingerprint density at radius 1 is 0.968 bits per heavy atom. The molecule has 0 aliphatic rings. The van der Waals surface area contributed by atoms with Crippen molar-refractivity contribution < 1.29 is 22.7 Å². The van der Waals surface area contributed by atoms with E-state index in [1.54, 1.807) is 6.07 Å². The van der Waals surface area contributed by atoms with Gasteiger partial charge >= 0.3 is 0 Å². The maximum Gasteiger partial charge on any atom is 0.174 e. The zero-order valence-corrected chi connectivity index (χ0v) is 16.4. The molecule has 2 heterocycles. The number of fused-ring (bicyclic) bond motifs is 1. The van der Waals surface area contributed by atoms with Crippen molar-refractivity contribution in [2.75, 3.05) is 0 Å². The SMILES string of the molecule is CC(C)(O)c1ccn2c(-c3ccc(F)c(-c4c(F)cccc4C#N)c3F)cnc2c1F. The first kappa shape index (κ1) is 20.6. The fourth-order valence-corrected chi connectivity index (χ4v) is 3.54. The van der Waals surface area contributed by atoms with Crippen LogP contribution in [0.4, 0.5) is 17.6 Å². The van der Waals surface area contributed by atoms with Crippen LogP contribution in [-0.2, 0) is 5.60 Å². The van der Waals surface area contributed by atoms with Crippen LogP contribution in [0.5, 0.6) is 0 Å². The highest BCUT2D eigenvalue weighted by atomic mass is 19.1. The highest BCUT2D eigenvalue weighted by Crippen LogP contribution is 2.37. The molecule has 4 nitrogen and oxygen atoms in total. The minimum Gasteiger partial charge on any atom is -0.386 e. The van der Waals surface area contributed by atoms with Crippen LogP contribution in [0.25, 0.3) is 28.0 Å². The molecule has 0 saturated heterocycles. The highest BCUT2D eigenvalue weighted by molar-refractivity contribution is 5.78. The molecule has 2 aromatic carbocycles. The molecule has 4 aromatic rings. The summed E-state index contributed by atoms with van der Waals surface area (Å²) in [5, 5.41) is 19.4. The molecule has 0 unspecified atom stereocenters. The summed E-state index contributed by atoms with van der Waals surface area (Å²) in [5.41, 5.74) is -3.12. The Morgan fingerprint density at radius 3 is 2.35 bits per heavy atom. The molecule has 2 aromatic heterocycles. The fourth-order valence-electron chi connectivity index (χ4n) is 3.54. The number of nitrogens with zero attached hydrogens (tertiary/aromatic N) is 3. The smallest absolute Gasteiger partial charge is 0.174 e. The van der Waals surface area contributed by atoms with Crippen LogP contribution in [-0.4, -0.2) is 14.5 Å². The summed E-state index contributed by atoms with van der Waals surface area (Å²) in [7, 11) is 0. The highest BCUT2D eigenvalue weighted by Gasteiger charge is 2.26. The van der Waals surface area contributed by atoms with Crippen LogP contribution in [0.15, 0.2) is 48.8 Å². The summed E-state index contributed by atoms with van der Waals surface area (Å²) in [6.07, 6.45) is 2.60. The number of pyridine rings is 1. The van der Waals surface area contributed by atoms with Crippen molar-refractivity contribution in [2.24, 2.45) is 0 Å². The molecule has 4 rings (SSSR count). The number of halogens is 4. The van der Waals surface area contributed by atoms with E-state index in [-0.39, 0.29) is 28.0 Å². The van der Waals surface area contributed by atoms with Gasteiger partial charge in [0.1, 0.15) is 17.5 Å². The third-order valence-corrected chi connectivity index (χ3v) is 5.03. The topological polar surface area (TPSA) is 61.3 Å². The van der Waals surface area contributed by atoms with Crippen molar-refractivity contribution in [3.05, 3.63) is 83.2 Å². The standard InChI is InChI=1S/C23H15F4N3O/c1-23(2,31)14-8-9-30-17(11-29-22(30)21(14)27)13-6-7-16(25)19(20(13)26)18-12(10-28)4-3-5-15(18)24/h3-9,11,31H,1-2H3. The number of aromatic nitrogens is 2.